The average Bonchev–Trinajstić information content (AvgIpc) is 3.12. The molecule has 1 heterocycles. The predicted octanol–water partition coefficient (Wildman–Crippen LogP) is 4.03. The van der Waals surface area contributed by atoms with Crippen molar-refractivity contribution >= 4 is 22.5 Å². The number of fused-ring (bicyclic) bond motifs is 3. The lowest BCUT2D eigenvalue weighted by Gasteiger charge is -2.34. The van der Waals surface area contributed by atoms with Gasteiger partial charge in [-0.25, -0.2) is 5.43 Å². The summed E-state index contributed by atoms with van der Waals surface area (Å²) >= 11 is 0. The first-order valence-electron chi connectivity index (χ1n) is 8.83. The molecular weight excluding hydrogens is 298 g/mol. The average molecular weight is 323 g/mol. The number of hydrogen-bond acceptors (Lipinski definition) is 2. The summed E-state index contributed by atoms with van der Waals surface area (Å²) in [6.45, 7) is 7.01. The number of aromatic nitrogens is 1. The molecule has 2 aliphatic rings. The molecule has 1 aromatic carbocycles. The van der Waals surface area contributed by atoms with Gasteiger partial charge in [-0.05, 0) is 42.2 Å². The van der Waals surface area contributed by atoms with Crippen LogP contribution in [-0.4, -0.2) is 16.6 Å². The molecule has 0 saturated heterocycles. The van der Waals surface area contributed by atoms with Gasteiger partial charge in [-0.1, -0.05) is 39.0 Å². The number of rotatable bonds is 3. The fourth-order valence-corrected chi connectivity index (χ4v) is 4.72. The highest BCUT2D eigenvalue weighted by Crippen LogP contribution is 2.63. The highest BCUT2D eigenvalue weighted by atomic mass is 16.2. The van der Waals surface area contributed by atoms with E-state index < -0.39 is 0 Å². The Kier molecular flexibility index (Phi) is 3.34. The molecule has 2 aliphatic carbocycles. The first-order chi connectivity index (χ1) is 11.4. The fourth-order valence-electron chi connectivity index (χ4n) is 4.72. The van der Waals surface area contributed by atoms with Crippen LogP contribution in [0.4, 0.5) is 0 Å². The van der Waals surface area contributed by atoms with Crippen molar-refractivity contribution in [3.8, 4) is 0 Å². The molecule has 0 unspecified atom stereocenters. The topological polar surface area (TPSA) is 57.2 Å². The van der Waals surface area contributed by atoms with Crippen molar-refractivity contribution in [3.63, 3.8) is 0 Å². The highest BCUT2D eigenvalue weighted by molar-refractivity contribution is 5.95. The number of hydrazone groups is 1. The summed E-state index contributed by atoms with van der Waals surface area (Å²) in [7, 11) is 0. The minimum Gasteiger partial charge on any atom is -0.361 e. The molecule has 24 heavy (non-hydrogen) atoms. The van der Waals surface area contributed by atoms with Gasteiger partial charge in [0.1, 0.15) is 0 Å². The number of carbonyl (C=O) groups is 1. The summed E-state index contributed by atoms with van der Waals surface area (Å²) in [6, 6.07) is 8.05. The van der Waals surface area contributed by atoms with E-state index in [2.05, 4.69) is 36.3 Å². The Morgan fingerprint density at radius 1 is 1.33 bits per heavy atom. The van der Waals surface area contributed by atoms with Crippen molar-refractivity contribution in [3.05, 3.63) is 36.0 Å². The van der Waals surface area contributed by atoms with E-state index in [4.69, 9.17) is 0 Å². The normalized spacial score (nSPS) is 29.5. The van der Waals surface area contributed by atoms with Crippen LogP contribution in [-0.2, 0) is 11.2 Å². The van der Waals surface area contributed by atoms with E-state index in [9.17, 15) is 4.79 Å². The number of aromatic amines is 1. The Balaban J connectivity index is 1.48. The Hall–Kier alpha value is -2.10. The van der Waals surface area contributed by atoms with Gasteiger partial charge in [0.25, 0.3) is 0 Å². The maximum Gasteiger partial charge on any atom is 0.244 e. The molecule has 2 atom stereocenters. The molecule has 2 bridgehead atoms. The maximum atomic E-state index is 12.4. The van der Waals surface area contributed by atoms with Crippen LogP contribution in [0.2, 0.25) is 0 Å². The van der Waals surface area contributed by atoms with E-state index in [0.717, 1.165) is 22.9 Å². The first kappa shape index (κ1) is 15.4. The molecule has 2 N–H and O–H groups in total. The Bertz CT molecular complexity index is 832. The smallest absolute Gasteiger partial charge is 0.244 e. The van der Waals surface area contributed by atoms with Crippen LogP contribution < -0.4 is 5.43 Å². The lowest BCUT2D eigenvalue weighted by Crippen LogP contribution is -2.34. The first-order valence-corrected chi connectivity index (χ1v) is 8.83. The van der Waals surface area contributed by atoms with Crippen LogP contribution >= 0.6 is 0 Å². The van der Waals surface area contributed by atoms with Crippen molar-refractivity contribution in [2.75, 3.05) is 0 Å². The third-order valence-corrected chi connectivity index (χ3v) is 6.85. The number of hydrogen-bond donors (Lipinski definition) is 2. The number of carbonyl (C=O) groups excluding carboxylic acids is 1. The number of amides is 1. The number of nitrogens with zero attached hydrogens (tertiary/aromatic N) is 1. The van der Waals surface area contributed by atoms with Crippen LogP contribution in [0, 0.1) is 16.7 Å². The standard InChI is InChI=1S/C20H25N3O/c1-19(2)14-8-9-20(19,3)17(11-14)22-23-18(24)10-13-12-21-16-7-5-4-6-15(13)16/h4-7,12,14,21H,8-11H2,1-3H3,(H,23,24)/b22-17+/t14-,20-/m0/s1. The van der Waals surface area contributed by atoms with E-state index in [1.165, 1.54) is 18.6 Å². The summed E-state index contributed by atoms with van der Waals surface area (Å²) in [6.07, 6.45) is 5.76. The van der Waals surface area contributed by atoms with Gasteiger partial charge < -0.3 is 4.98 Å². The summed E-state index contributed by atoms with van der Waals surface area (Å²) in [4.78, 5) is 15.6. The summed E-state index contributed by atoms with van der Waals surface area (Å²) < 4.78 is 0. The highest BCUT2D eigenvalue weighted by Gasteiger charge is 2.59. The second-order valence-electron chi connectivity index (χ2n) is 8.12. The SMILES string of the molecule is CC1(C)[C@H]2CC[C@@]1(C)/C(=N/NC(=O)Cc1c[nH]c3ccccc13)C2. The molecule has 126 valence electrons. The van der Waals surface area contributed by atoms with Crippen molar-refractivity contribution in [1.82, 2.24) is 10.4 Å². The fraction of sp³-hybridized carbons (Fsp3) is 0.500. The lowest BCUT2D eigenvalue weighted by atomic mass is 9.70. The zero-order valence-corrected chi connectivity index (χ0v) is 14.6. The second kappa shape index (κ2) is 5.20. The Morgan fingerprint density at radius 3 is 2.83 bits per heavy atom. The molecule has 0 aliphatic heterocycles. The maximum absolute atomic E-state index is 12.4. The minimum atomic E-state index is -0.0450. The molecule has 4 rings (SSSR count). The summed E-state index contributed by atoms with van der Waals surface area (Å²) in [5.74, 6) is 0.656. The monoisotopic (exact) mass is 323 g/mol. The van der Waals surface area contributed by atoms with Crippen LogP contribution in [0.3, 0.4) is 0 Å². The van der Waals surface area contributed by atoms with Gasteiger partial charge in [-0.3, -0.25) is 4.79 Å². The van der Waals surface area contributed by atoms with Gasteiger partial charge in [0.05, 0.1) is 6.42 Å². The summed E-state index contributed by atoms with van der Waals surface area (Å²) in [5, 5.41) is 5.65. The van der Waals surface area contributed by atoms with Crippen molar-refractivity contribution in [2.24, 2.45) is 21.8 Å². The third kappa shape index (κ3) is 2.12. The molecule has 1 amide bonds. The number of para-hydroxylation sites is 1. The van der Waals surface area contributed by atoms with Gasteiger partial charge in [0, 0.05) is 28.2 Å². The molecule has 2 aromatic rings. The van der Waals surface area contributed by atoms with Crippen LogP contribution in [0.1, 0.15) is 45.6 Å². The van der Waals surface area contributed by atoms with Gasteiger partial charge in [-0.2, -0.15) is 5.10 Å². The van der Waals surface area contributed by atoms with Gasteiger partial charge in [-0.15, -0.1) is 0 Å². The van der Waals surface area contributed by atoms with Crippen molar-refractivity contribution in [2.45, 2.75) is 46.5 Å². The molecule has 1 aromatic heterocycles. The molecule has 0 spiro atoms. The van der Waals surface area contributed by atoms with E-state index in [1.807, 2.05) is 30.5 Å². The lowest BCUT2D eigenvalue weighted by molar-refractivity contribution is -0.120. The second-order valence-corrected chi connectivity index (χ2v) is 8.12. The van der Waals surface area contributed by atoms with E-state index in [0.29, 0.717) is 12.3 Å². The van der Waals surface area contributed by atoms with Crippen molar-refractivity contribution in [1.29, 1.82) is 0 Å². The molecular formula is C20H25N3O. The molecule has 2 fully saturated rings. The van der Waals surface area contributed by atoms with Crippen LogP contribution in [0.15, 0.2) is 35.6 Å². The Morgan fingerprint density at radius 2 is 2.12 bits per heavy atom. The van der Waals surface area contributed by atoms with E-state index >= 15 is 0 Å². The molecule has 4 heteroatoms. The quantitative estimate of drug-likeness (QED) is 0.823. The van der Waals surface area contributed by atoms with Crippen molar-refractivity contribution < 1.29 is 4.79 Å². The number of nitrogens with one attached hydrogen (secondary N) is 2. The number of H-pyrrole nitrogens is 1. The molecule has 4 nitrogen and oxygen atoms in total. The largest absolute Gasteiger partial charge is 0.361 e. The predicted molar refractivity (Wildman–Crippen MR) is 96.8 cm³/mol. The third-order valence-electron chi connectivity index (χ3n) is 6.85. The molecule has 2 saturated carbocycles. The van der Waals surface area contributed by atoms with Gasteiger partial charge in [0.15, 0.2) is 0 Å². The zero-order chi connectivity index (χ0) is 16.9. The van der Waals surface area contributed by atoms with Gasteiger partial charge in [0.2, 0.25) is 5.91 Å². The van der Waals surface area contributed by atoms with Gasteiger partial charge >= 0.3 is 0 Å². The minimum absolute atomic E-state index is 0.0450. The van der Waals surface area contributed by atoms with Crippen LogP contribution in [0.5, 0.6) is 0 Å². The zero-order valence-electron chi connectivity index (χ0n) is 14.6. The number of benzene rings is 1. The molecule has 0 radical (unpaired) electrons. The van der Waals surface area contributed by atoms with E-state index in [-0.39, 0.29) is 16.7 Å². The van der Waals surface area contributed by atoms with E-state index in [1.54, 1.807) is 0 Å². The Labute approximate surface area is 142 Å². The summed E-state index contributed by atoms with van der Waals surface area (Å²) in [5.41, 5.74) is 6.48. The van der Waals surface area contributed by atoms with Crippen LogP contribution in [0.25, 0.3) is 10.9 Å².